The summed E-state index contributed by atoms with van der Waals surface area (Å²) in [5.41, 5.74) is 0. The SMILES string of the molecule is CCCC(=O)OC(OC(=O)CCC)OC(=O)CCC(=O)O. The van der Waals surface area contributed by atoms with Crippen molar-refractivity contribution in [1.29, 1.82) is 0 Å². The van der Waals surface area contributed by atoms with E-state index in [-0.39, 0.29) is 12.8 Å². The molecule has 0 heterocycles. The van der Waals surface area contributed by atoms with E-state index in [4.69, 9.17) is 14.6 Å². The molecule has 8 heteroatoms. The highest BCUT2D eigenvalue weighted by molar-refractivity contribution is 5.77. The fourth-order valence-electron chi connectivity index (χ4n) is 1.19. The Bertz CT molecular complexity index is 356. The van der Waals surface area contributed by atoms with E-state index in [1.807, 2.05) is 0 Å². The first-order chi connectivity index (χ1) is 9.88. The van der Waals surface area contributed by atoms with Gasteiger partial charge in [-0.2, -0.15) is 0 Å². The van der Waals surface area contributed by atoms with Crippen LogP contribution in [-0.2, 0) is 33.4 Å². The van der Waals surface area contributed by atoms with Gasteiger partial charge in [-0.1, -0.05) is 13.8 Å². The molecule has 0 aromatic rings. The smallest absolute Gasteiger partial charge is 0.412 e. The zero-order valence-corrected chi connectivity index (χ0v) is 12.1. The third-order valence-corrected chi connectivity index (χ3v) is 2.13. The lowest BCUT2D eigenvalue weighted by atomic mass is 10.3. The van der Waals surface area contributed by atoms with Gasteiger partial charge in [-0.05, 0) is 12.8 Å². The standard InChI is InChI=1S/C13H20O8/c1-3-5-10(16)19-13(20-11(17)6-4-2)21-12(18)8-7-9(14)15/h13H,3-8H2,1-2H3,(H,14,15). The van der Waals surface area contributed by atoms with Crippen LogP contribution in [0.1, 0.15) is 52.4 Å². The van der Waals surface area contributed by atoms with E-state index in [0.717, 1.165) is 0 Å². The number of hydrogen-bond acceptors (Lipinski definition) is 7. The van der Waals surface area contributed by atoms with Gasteiger partial charge in [-0.3, -0.25) is 19.2 Å². The highest BCUT2D eigenvalue weighted by Gasteiger charge is 2.23. The number of esters is 3. The van der Waals surface area contributed by atoms with Crippen molar-refractivity contribution in [3.05, 3.63) is 0 Å². The fourth-order valence-corrected chi connectivity index (χ4v) is 1.19. The maximum atomic E-state index is 11.4. The first kappa shape index (κ1) is 18.9. The van der Waals surface area contributed by atoms with Gasteiger partial charge in [0.2, 0.25) is 0 Å². The molecule has 0 aliphatic carbocycles. The summed E-state index contributed by atoms with van der Waals surface area (Å²) in [6.45, 7) is 1.72. The molecule has 0 amide bonds. The summed E-state index contributed by atoms with van der Waals surface area (Å²) in [4.78, 5) is 44.4. The molecule has 0 fully saturated rings. The average Bonchev–Trinajstić information content (AvgIpc) is 2.36. The largest absolute Gasteiger partial charge is 0.481 e. The van der Waals surface area contributed by atoms with Crippen molar-refractivity contribution in [3.8, 4) is 0 Å². The molecular weight excluding hydrogens is 284 g/mol. The van der Waals surface area contributed by atoms with E-state index in [9.17, 15) is 19.2 Å². The molecule has 0 spiro atoms. The molecule has 0 atom stereocenters. The molecule has 1 N–H and O–H groups in total. The van der Waals surface area contributed by atoms with Gasteiger partial charge < -0.3 is 19.3 Å². The summed E-state index contributed by atoms with van der Waals surface area (Å²) >= 11 is 0. The lowest BCUT2D eigenvalue weighted by Gasteiger charge is -2.17. The molecule has 8 nitrogen and oxygen atoms in total. The fraction of sp³-hybridized carbons (Fsp3) is 0.692. The summed E-state index contributed by atoms with van der Waals surface area (Å²) in [6, 6.07) is 0. The van der Waals surface area contributed by atoms with Gasteiger partial charge in [-0.25, -0.2) is 0 Å². The average molecular weight is 304 g/mol. The molecule has 0 unspecified atom stereocenters. The molecule has 0 saturated heterocycles. The molecule has 0 aliphatic rings. The van der Waals surface area contributed by atoms with E-state index in [1.54, 1.807) is 13.8 Å². The second-order valence-corrected chi connectivity index (χ2v) is 4.15. The van der Waals surface area contributed by atoms with E-state index in [1.165, 1.54) is 0 Å². The van der Waals surface area contributed by atoms with Gasteiger partial charge in [0.25, 0.3) is 0 Å². The Morgan fingerprint density at radius 1 is 0.762 bits per heavy atom. The molecule has 0 radical (unpaired) electrons. The molecule has 0 bridgehead atoms. The van der Waals surface area contributed by atoms with Crippen LogP contribution >= 0.6 is 0 Å². The zero-order chi connectivity index (χ0) is 16.3. The van der Waals surface area contributed by atoms with E-state index in [2.05, 4.69) is 4.74 Å². The van der Waals surface area contributed by atoms with Crippen molar-refractivity contribution < 1.29 is 38.5 Å². The lowest BCUT2D eigenvalue weighted by molar-refractivity contribution is -0.258. The van der Waals surface area contributed by atoms with Gasteiger partial charge in [0.15, 0.2) is 0 Å². The van der Waals surface area contributed by atoms with Gasteiger partial charge in [0, 0.05) is 12.8 Å². The van der Waals surface area contributed by atoms with Crippen molar-refractivity contribution in [2.45, 2.75) is 58.8 Å². The minimum Gasteiger partial charge on any atom is -0.481 e. The van der Waals surface area contributed by atoms with E-state index < -0.39 is 43.2 Å². The molecular formula is C13H20O8. The van der Waals surface area contributed by atoms with Crippen LogP contribution in [0, 0.1) is 0 Å². The highest BCUT2D eigenvalue weighted by Crippen LogP contribution is 2.07. The number of carboxylic acid groups (broad SMARTS) is 1. The van der Waals surface area contributed by atoms with Crippen molar-refractivity contribution in [3.63, 3.8) is 0 Å². The van der Waals surface area contributed by atoms with Crippen LogP contribution in [0.15, 0.2) is 0 Å². The zero-order valence-electron chi connectivity index (χ0n) is 12.1. The molecule has 0 aliphatic heterocycles. The molecule has 0 aromatic carbocycles. The maximum absolute atomic E-state index is 11.4. The van der Waals surface area contributed by atoms with Crippen LogP contribution in [0.4, 0.5) is 0 Å². The number of aliphatic carboxylic acids is 1. The Kier molecular flexibility index (Phi) is 9.57. The predicted octanol–water partition coefficient (Wildman–Crippen LogP) is 1.36. The Labute approximate surface area is 122 Å². The van der Waals surface area contributed by atoms with E-state index >= 15 is 0 Å². The predicted molar refractivity (Wildman–Crippen MR) is 68.7 cm³/mol. The minimum atomic E-state index is -1.77. The first-order valence-corrected chi connectivity index (χ1v) is 6.69. The van der Waals surface area contributed by atoms with Gasteiger partial charge >= 0.3 is 30.4 Å². The van der Waals surface area contributed by atoms with E-state index in [0.29, 0.717) is 12.8 Å². The molecule has 0 aromatic heterocycles. The minimum absolute atomic E-state index is 0.0779. The van der Waals surface area contributed by atoms with Crippen molar-refractivity contribution in [2.75, 3.05) is 0 Å². The van der Waals surface area contributed by atoms with Gasteiger partial charge in [0.05, 0.1) is 12.8 Å². The molecule has 120 valence electrons. The normalized spacial score (nSPS) is 10.0. The van der Waals surface area contributed by atoms with Gasteiger partial charge in [0.1, 0.15) is 0 Å². The first-order valence-electron chi connectivity index (χ1n) is 6.69. The second-order valence-electron chi connectivity index (χ2n) is 4.15. The highest BCUT2D eigenvalue weighted by atomic mass is 16.9. The number of ether oxygens (including phenoxy) is 3. The third kappa shape index (κ3) is 10.3. The van der Waals surface area contributed by atoms with Crippen LogP contribution in [0.25, 0.3) is 0 Å². The van der Waals surface area contributed by atoms with Crippen LogP contribution < -0.4 is 0 Å². The summed E-state index contributed by atoms with van der Waals surface area (Å²) in [7, 11) is 0. The Morgan fingerprint density at radius 3 is 1.48 bits per heavy atom. The van der Waals surface area contributed by atoms with Crippen molar-refractivity contribution in [2.24, 2.45) is 0 Å². The van der Waals surface area contributed by atoms with Crippen LogP contribution in [0.5, 0.6) is 0 Å². The summed E-state index contributed by atoms with van der Waals surface area (Å²) in [6.07, 6.45) is 0.339. The molecule has 0 rings (SSSR count). The topological polar surface area (TPSA) is 116 Å². The third-order valence-electron chi connectivity index (χ3n) is 2.13. The van der Waals surface area contributed by atoms with Crippen molar-refractivity contribution >= 4 is 23.9 Å². The van der Waals surface area contributed by atoms with Gasteiger partial charge in [-0.15, -0.1) is 0 Å². The number of hydrogen-bond donors (Lipinski definition) is 1. The van der Waals surface area contributed by atoms with Crippen molar-refractivity contribution in [1.82, 2.24) is 0 Å². The number of carbonyl (C=O) groups is 4. The van der Waals surface area contributed by atoms with Crippen LogP contribution in [0.3, 0.4) is 0 Å². The Morgan fingerprint density at radius 2 is 1.14 bits per heavy atom. The maximum Gasteiger partial charge on any atom is 0.412 e. The lowest BCUT2D eigenvalue weighted by Crippen LogP contribution is -2.29. The quantitative estimate of drug-likeness (QED) is 0.475. The number of rotatable bonds is 10. The number of carboxylic acids is 1. The Balaban J connectivity index is 4.48. The second kappa shape index (κ2) is 10.6. The summed E-state index contributed by atoms with van der Waals surface area (Å²) in [5.74, 6) is -3.47. The summed E-state index contributed by atoms with van der Waals surface area (Å²) < 4.78 is 14.1. The number of carbonyl (C=O) groups excluding carboxylic acids is 3. The summed E-state index contributed by atoms with van der Waals surface area (Å²) in [5, 5.41) is 8.45. The van der Waals surface area contributed by atoms with Crippen LogP contribution in [0.2, 0.25) is 0 Å². The molecule has 0 saturated carbocycles. The monoisotopic (exact) mass is 304 g/mol. The molecule has 21 heavy (non-hydrogen) atoms. The van der Waals surface area contributed by atoms with Crippen LogP contribution in [-0.4, -0.2) is 35.5 Å². The Hall–Kier alpha value is -2.12.